The van der Waals surface area contributed by atoms with Crippen molar-refractivity contribution < 1.29 is 21.6 Å². The molecule has 4 rings (SSSR count). The number of halogens is 3. The van der Waals surface area contributed by atoms with Gasteiger partial charge in [-0.15, -0.1) is 0 Å². The molecule has 1 aromatic heterocycles. The summed E-state index contributed by atoms with van der Waals surface area (Å²) in [6, 6.07) is 2.83. The van der Waals surface area contributed by atoms with Crippen LogP contribution in [0, 0.1) is 5.41 Å². The van der Waals surface area contributed by atoms with E-state index in [2.05, 4.69) is 14.8 Å². The number of likely N-dealkylation sites (tertiary alicyclic amines) is 1. The quantitative estimate of drug-likeness (QED) is 0.776. The van der Waals surface area contributed by atoms with Crippen LogP contribution >= 0.6 is 0 Å². The Bertz CT molecular complexity index is 767. The lowest BCUT2D eigenvalue weighted by molar-refractivity contribution is -0.141. The zero-order valence-corrected chi connectivity index (χ0v) is 15.2. The maximum absolute atomic E-state index is 12.7. The van der Waals surface area contributed by atoms with Crippen LogP contribution < -0.4 is 4.90 Å². The molecular formula is C17H22F3N3O2S. The Morgan fingerprint density at radius 1 is 1.19 bits per heavy atom. The van der Waals surface area contributed by atoms with Gasteiger partial charge in [0.05, 0.1) is 23.4 Å². The number of hydrogen-bond acceptors (Lipinski definition) is 5. The van der Waals surface area contributed by atoms with Gasteiger partial charge < -0.3 is 4.90 Å². The second-order valence-electron chi connectivity index (χ2n) is 7.89. The Kier molecular flexibility index (Phi) is 4.22. The molecule has 3 fully saturated rings. The lowest BCUT2D eigenvalue weighted by Crippen LogP contribution is -2.53. The molecule has 1 atom stereocenters. The van der Waals surface area contributed by atoms with Gasteiger partial charge in [-0.25, -0.2) is 13.4 Å². The minimum atomic E-state index is -4.42. The summed E-state index contributed by atoms with van der Waals surface area (Å²) in [5.41, 5.74) is -0.220. The van der Waals surface area contributed by atoms with Crippen LogP contribution in [0.4, 0.5) is 18.9 Å². The first-order valence-electron chi connectivity index (χ1n) is 8.89. The summed E-state index contributed by atoms with van der Waals surface area (Å²) in [6.45, 7) is 3.27. The van der Waals surface area contributed by atoms with E-state index in [0.29, 0.717) is 23.2 Å². The number of piperidine rings is 1. The molecule has 4 heterocycles. The smallest absolute Gasteiger partial charge is 0.369 e. The van der Waals surface area contributed by atoms with Crippen LogP contribution in [-0.4, -0.2) is 62.0 Å². The van der Waals surface area contributed by atoms with Gasteiger partial charge in [-0.05, 0) is 37.9 Å². The standard InChI is InChI=1S/C17H22F3N3O2S/c18-17(19,20)15-4-3-13(8-21-15)22-6-1-2-14(9-22)23-7-5-16(10-23)11-26(24,25)12-16/h3-4,8,14H,1-2,5-7,9-12H2. The summed E-state index contributed by atoms with van der Waals surface area (Å²) >= 11 is 0. The zero-order chi connectivity index (χ0) is 18.6. The molecule has 0 saturated carbocycles. The second kappa shape index (κ2) is 6.09. The third-order valence-electron chi connectivity index (χ3n) is 5.84. The van der Waals surface area contributed by atoms with Crippen molar-refractivity contribution in [3.8, 4) is 0 Å². The number of anilines is 1. The Hall–Kier alpha value is -1.35. The minimum Gasteiger partial charge on any atom is -0.369 e. The van der Waals surface area contributed by atoms with E-state index in [0.717, 1.165) is 51.5 Å². The predicted octanol–water partition coefficient (Wildman–Crippen LogP) is 2.19. The highest BCUT2D eigenvalue weighted by molar-refractivity contribution is 7.92. The molecule has 0 aromatic carbocycles. The summed E-state index contributed by atoms with van der Waals surface area (Å²) < 4.78 is 61.1. The molecule has 1 aromatic rings. The highest BCUT2D eigenvalue weighted by atomic mass is 32.2. The summed E-state index contributed by atoms with van der Waals surface area (Å²) in [5, 5.41) is 0. The van der Waals surface area contributed by atoms with E-state index in [4.69, 9.17) is 0 Å². The molecule has 3 aliphatic heterocycles. The second-order valence-corrected chi connectivity index (χ2v) is 9.96. The van der Waals surface area contributed by atoms with Gasteiger partial charge in [0.25, 0.3) is 0 Å². The SMILES string of the molecule is O=S1(=O)CC2(CCN(C3CCCN(c4ccc(C(F)(F)F)nc4)C3)C2)C1. The van der Waals surface area contributed by atoms with Crippen LogP contribution in [0.1, 0.15) is 25.0 Å². The van der Waals surface area contributed by atoms with Gasteiger partial charge in [-0.2, -0.15) is 13.2 Å². The van der Waals surface area contributed by atoms with Crippen LogP contribution in [0.15, 0.2) is 18.3 Å². The fraction of sp³-hybridized carbons (Fsp3) is 0.706. The van der Waals surface area contributed by atoms with E-state index < -0.39 is 21.7 Å². The summed E-state index contributed by atoms with van der Waals surface area (Å²) in [5.74, 6) is 0.603. The maximum Gasteiger partial charge on any atom is 0.433 e. The monoisotopic (exact) mass is 389 g/mol. The fourth-order valence-electron chi connectivity index (χ4n) is 4.64. The lowest BCUT2D eigenvalue weighted by atomic mass is 9.91. The normalized spacial score (nSPS) is 28.3. The molecular weight excluding hydrogens is 367 g/mol. The molecule has 26 heavy (non-hydrogen) atoms. The molecule has 0 bridgehead atoms. The van der Waals surface area contributed by atoms with Crippen molar-refractivity contribution in [2.45, 2.75) is 31.5 Å². The number of aromatic nitrogens is 1. The molecule has 0 amide bonds. The number of pyridine rings is 1. The summed E-state index contributed by atoms with van der Waals surface area (Å²) in [4.78, 5) is 8.02. The van der Waals surface area contributed by atoms with E-state index in [1.54, 1.807) is 0 Å². The maximum atomic E-state index is 12.7. The molecule has 3 saturated heterocycles. The molecule has 144 valence electrons. The van der Waals surface area contributed by atoms with E-state index in [1.165, 1.54) is 12.3 Å². The number of hydrogen-bond donors (Lipinski definition) is 0. The Balaban J connectivity index is 1.40. The van der Waals surface area contributed by atoms with E-state index in [9.17, 15) is 21.6 Å². The molecule has 3 aliphatic rings. The Labute approximate surface area is 151 Å². The van der Waals surface area contributed by atoms with Crippen molar-refractivity contribution >= 4 is 15.5 Å². The van der Waals surface area contributed by atoms with Crippen molar-refractivity contribution in [2.24, 2.45) is 5.41 Å². The van der Waals surface area contributed by atoms with Gasteiger partial charge in [0.15, 0.2) is 9.84 Å². The number of rotatable bonds is 2. The van der Waals surface area contributed by atoms with Crippen LogP contribution in [-0.2, 0) is 16.0 Å². The topological polar surface area (TPSA) is 53.5 Å². The largest absolute Gasteiger partial charge is 0.433 e. The van der Waals surface area contributed by atoms with Crippen molar-refractivity contribution in [2.75, 3.05) is 42.6 Å². The van der Waals surface area contributed by atoms with Gasteiger partial charge in [-0.1, -0.05) is 0 Å². The molecule has 0 N–H and O–H groups in total. The van der Waals surface area contributed by atoms with Crippen LogP contribution in [0.25, 0.3) is 0 Å². The average molecular weight is 389 g/mol. The number of sulfone groups is 1. The summed E-state index contributed by atoms with van der Waals surface area (Å²) in [6.07, 6.45) is -0.198. The first-order chi connectivity index (χ1) is 12.2. The predicted molar refractivity (Wildman–Crippen MR) is 91.8 cm³/mol. The fourth-order valence-corrected chi connectivity index (χ4v) is 6.89. The molecule has 9 heteroatoms. The van der Waals surface area contributed by atoms with E-state index >= 15 is 0 Å². The van der Waals surface area contributed by atoms with Crippen molar-refractivity contribution in [3.63, 3.8) is 0 Å². The first kappa shape index (κ1) is 18.0. The van der Waals surface area contributed by atoms with Gasteiger partial charge in [0.1, 0.15) is 5.69 Å². The average Bonchev–Trinajstić information content (AvgIpc) is 2.98. The molecule has 1 unspecified atom stereocenters. The zero-order valence-electron chi connectivity index (χ0n) is 14.4. The molecule has 0 aliphatic carbocycles. The Morgan fingerprint density at radius 2 is 1.96 bits per heavy atom. The van der Waals surface area contributed by atoms with Gasteiger partial charge in [0, 0.05) is 31.1 Å². The van der Waals surface area contributed by atoms with Crippen LogP contribution in [0.2, 0.25) is 0 Å². The van der Waals surface area contributed by atoms with Crippen molar-refractivity contribution in [1.29, 1.82) is 0 Å². The third kappa shape index (κ3) is 3.43. The minimum absolute atomic E-state index is 0.0585. The first-order valence-corrected chi connectivity index (χ1v) is 10.7. The molecule has 0 radical (unpaired) electrons. The summed E-state index contributed by atoms with van der Waals surface area (Å²) in [7, 11) is -2.83. The van der Waals surface area contributed by atoms with Crippen molar-refractivity contribution in [3.05, 3.63) is 24.0 Å². The Morgan fingerprint density at radius 3 is 2.58 bits per heavy atom. The lowest BCUT2D eigenvalue weighted by Gasteiger charge is -2.41. The molecule has 5 nitrogen and oxygen atoms in total. The van der Waals surface area contributed by atoms with Gasteiger partial charge in [0.2, 0.25) is 0 Å². The van der Waals surface area contributed by atoms with Gasteiger partial charge >= 0.3 is 6.18 Å². The van der Waals surface area contributed by atoms with Crippen LogP contribution in [0.3, 0.4) is 0 Å². The van der Waals surface area contributed by atoms with Crippen LogP contribution in [0.5, 0.6) is 0 Å². The van der Waals surface area contributed by atoms with E-state index in [1.807, 2.05) is 0 Å². The van der Waals surface area contributed by atoms with E-state index in [-0.39, 0.29) is 5.41 Å². The van der Waals surface area contributed by atoms with Crippen molar-refractivity contribution in [1.82, 2.24) is 9.88 Å². The number of alkyl halides is 3. The highest BCUT2D eigenvalue weighted by Crippen LogP contribution is 2.42. The number of nitrogens with zero attached hydrogens (tertiary/aromatic N) is 3. The highest BCUT2D eigenvalue weighted by Gasteiger charge is 2.53. The van der Waals surface area contributed by atoms with Gasteiger partial charge in [-0.3, -0.25) is 4.90 Å². The molecule has 1 spiro atoms. The third-order valence-corrected chi connectivity index (χ3v) is 7.94.